The molecule has 0 aromatic heterocycles. The van der Waals surface area contributed by atoms with Crippen molar-refractivity contribution in [3.05, 3.63) is 0 Å². The van der Waals surface area contributed by atoms with Crippen LogP contribution in [0.5, 0.6) is 0 Å². The van der Waals surface area contributed by atoms with Crippen molar-refractivity contribution in [2.24, 2.45) is 17.8 Å². The first-order chi connectivity index (χ1) is 8.59. The predicted molar refractivity (Wildman–Crippen MR) is 65.0 cm³/mol. The van der Waals surface area contributed by atoms with Gasteiger partial charge in [-0.2, -0.15) is 0 Å². The molecule has 1 aliphatic heterocycles. The number of carbonyl (C=O) groups is 2. The van der Waals surface area contributed by atoms with Crippen LogP contribution in [0.3, 0.4) is 0 Å². The molecule has 1 saturated carbocycles. The first kappa shape index (κ1) is 13.3. The van der Waals surface area contributed by atoms with Crippen LogP contribution in [0.15, 0.2) is 0 Å². The van der Waals surface area contributed by atoms with Gasteiger partial charge in [0.2, 0.25) is 5.91 Å². The van der Waals surface area contributed by atoms with Crippen LogP contribution in [0, 0.1) is 17.8 Å². The van der Waals surface area contributed by atoms with Crippen molar-refractivity contribution in [2.45, 2.75) is 38.6 Å². The summed E-state index contributed by atoms with van der Waals surface area (Å²) in [6, 6.07) is -0.695. The zero-order valence-corrected chi connectivity index (χ0v) is 10.7. The minimum atomic E-state index is -0.912. The number of carbonyl (C=O) groups excluding carboxylic acids is 1. The lowest BCUT2D eigenvalue weighted by Crippen LogP contribution is -2.46. The standard InChI is InChI=1S/C13H21NO4/c1-8(9-4-6-18-7-5-9)12(15)14-11(13(16)17)10-2-3-10/h8-11H,2-7H2,1H3,(H,14,15)(H,16,17). The Morgan fingerprint density at radius 2 is 1.78 bits per heavy atom. The molecule has 2 unspecified atom stereocenters. The molecule has 2 aliphatic rings. The number of hydrogen-bond acceptors (Lipinski definition) is 3. The Kier molecular flexibility index (Phi) is 4.22. The number of aliphatic carboxylic acids is 1. The Labute approximate surface area is 107 Å². The van der Waals surface area contributed by atoms with Gasteiger partial charge in [0.15, 0.2) is 0 Å². The summed E-state index contributed by atoms with van der Waals surface area (Å²) in [6.45, 7) is 3.29. The second-order valence-electron chi connectivity index (χ2n) is 5.40. The zero-order valence-electron chi connectivity index (χ0n) is 10.7. The molecule has 0 radical (unpaired) electrons. The van der Waals surface area contributed by atoms with E-state index in [0.717, 1.165) is 25.7 Å². The Bertz CT molecular complexity index is 321. The molecule has 2 fully saturated rings. The third-order valence-corrected chi connectivity index (χ3v) is 4.04. The molecule has 2 atom stereocenters. The number of carboxylic acid groups (broad SMARTS) is 1. The van der Waals surface area contributed by atoms with Gasteiger partial charge in [-0.25, -0.2) is 4.79 Å². The van der Waals surface area contributed by atoms with Gasteiger partial charge in [-0.3, -0.25) is 4.79 Å². The van der Waals surface area contributed by atoms with Gasteiger partial charge >= 0.3 is 5.97 Å². The smallest absolute Gasteiger partial charge is 0.326 e. The van der Waals surface area contributed by atoms with Crippen LogP contribution < -0.4 is 5.32 Å². The van der Waals surface area contributed by atoms with E-state index in [1.165, 1.54) is 0 Å². The molecule has 5 heteroatoms. The highest BCUT2D eigenvalue weighted by molar-refractivity contribution is 5.85. The fraction of sp³-hybridized carbons (Fsp3) is 0.846. The van der Waals surface area contributed by atoms with Gasteiger partial charge in [0.25, 0.3) is 0 Å². The van der Waals surface area contributed by atoms with Crippen LogP contribution in [0.25, 0.3) is 0 Å². The highest BCUT2D eigenvalue weighted by Crippen LogP contribution is 2.33. The molecule has 2 N–H and O–H groups in total. The number of rotatable bonds is 5. The molecule has 18 heavy (non-hydrogen) atoms. The average molecular weight is 255 g/mol. The van der Waals surface area contributed by atoms with Gasteiger partial charge in [0, 0.05) is 19.1 Å². The summed E-state index contributed by atoms with van der Waals surface area (Å²) in [7, 11) is 0. The molecule has 2 rings (SSSR count). The average Bonchev–Trinajstić information content (AvgIpc) is 3.19. The monoisotopic (exact) mass is 255 g/mol. The summed E-state index contributed by atoms with van der Waals surface area (Å²) < 4.78 is 5.27. The molecular formula is C13H21NO4. The lowest BCUT2D eigenvalue weighted by atomic mass is 9.86. The fourth-order valence-electron chi connectivity index (χ4n) is 2.53. The summed E-state index contributed by atoms with van der Waals surface area (Å²) in [5.74, 6) is -0.721. The predicted octanol–water partition coefficient (Wildman–Crippen LogP) is 1.03. The maximum absolute atomic E-state index is 12.1. The second-order valence-corrected chi connectivity index (χ2v) is 5.40. The summed E-state index contributed by atoms with van der Waals surface area (Å²) >= 11 is 0. The van der Waals surface area contributed by atoms with Crippen molar-refractivity contribution >= 4 is 11.9 Å². The number of carboxylic acids is 1. The minimum Gasteiger partial charge on any atom is -0.480 e. The van der Waals surface area contributed by atoms with E-state index in [9.17, 15) is 9.59 Å². The van der Waals surface area contributed by atoms with E-state index in [4.69, 9.17) is 9.84 Å². The lowest BCUT2D eigenvalue weighted by molar-refractivity contribution is -0.143. The molecule has 102 valence electrons. The van der Waals surface area contributed by atoms with E-state index in [-0.39, 0.29) is 17.7 Å². The first-order valence-electron chi connectivity index (χ1n) is 6.70. The van der Waals surface area contributed by atoms with Crippen molar-refractivity contribution in [1.29, 1.82) is 0 Å². The Hall–Kier alpha value is -1.10. The number of nitrogens with one attached hydrogen (secondary N) is 1. The molecule has 0 bridgehead atoms. The number of amides is 1. The zero-order chi connectivity index (χ0) is 13.1. The van der Waals surface area contributed by atoms with Crippen molar-refractivity contribution in [3.8, 4) is 0 Å². The van der Waals surface area contributed by atoms with Crippen LogP contribution >= 0.6 is 0 Å². The Balaban J connectivity index is 1.87. The van der Waals surface area contributed by atoms with Crippen molar-refractivity contribution in [3.63, 3.8) is 0 Å². The molecule has 0 spiro atoms. The van der Waals surface area contributed by atoms with Gasteiger partial charge < -0.3 is 15.2 Å². The Morgan fingerprint density at radius 3 is 2.28 bits per heavy atom. The van der Waals surface area contributed by atoms with Crippen LogP contribution in [0.2, 0.25) is 0 Å². The number of hydrogen-bond donors (Lipinski definition) is 2. The molecule has 1 amide bonds. The van der Waals surface area contributed by atoms with E-state index in [0.29, 0.717) is 19.1 Å². The van der Waals surface area contributed by atoms with Crippen molar-refractivity contribution < 1.29 is 19.4 Å². The van der Waals surface area contributed by atoms with Crippen molar-refractivity contribution in [1.82, 2.24) is 5.32 Å². The Morgan fingerprint density at radius 1 is 1.17 bits per heavy atom. The van der Waals surface area contributed by atoms with E-state index >= 15 is 0 Å². The highest BCUT2D eigenvalue weighted by Gasteiger charge is 2.38. The van der Waals surface area contributed by atoms with Crippen LogP contribution in [0.4, 0.5) is 0 Å². The maximum atomic E-state index is 12.1. The quantitative estimate of drug-likeness (QED) is 0.769. The van der Waals surface area contributed by atoms with Crippen LogP contribution in [-0.2, 0) is 14.3 Å². The minimum absolute atomic E-state index is 0.124. The lowest BCUT2D eigenvalue weighted by Gasteiger charge is -2.28. The van der Waals surface area contributed by atoms with E-state index in [1.54, 1.807) is 0 Å². The summed E-state index contributed by atoms with van der Waals surface area (Å²) in [5, 5.41) is 11.8. The van der Waals surface area contributed by atoms with Gasteiger partial charge in [-0.15, -0.1) is 0 Å². The molecule has 0 aromatic carbocycles. The third kappa shape index (κ3) is 3.22. The molecular weight excluding hydrogens is 234 g/mol. The van der Waals surface area contributed by atoms with Gasteiger partial charge in [-0.05, 0) is 37.5 Å². The molecule has 1 saturated heterocycles. The largest absolute Gasteiger partial charge is 0.480 e. The van der Waals surface area contributed by atoms with E-state index < -0.39 is 12.0 Å². The fourth-order valence-corrected chi connectivity index (χ4v) is 2.53. The molecule has 1 heterocycles. The van der Waals surface area contributed by atoms with Crippen molar-refractivity contribution in [2.75, 3.05) is 13.2 Å². The van der Waals surface area contributed by atoms with Gasteiger partial charge in [-0.1, -0.05) is 6.92 Å². The summed E-state index contributed by atoms with van der Waals surface area (Å²) in [4.78, 5) is 23.2. The van der Waals surface area contributed by atoms with E-state index in [2.05, 4.69) is 5.32 Å². The van der Waals surface area contributed by atoms with Gasteiger partial charge in [0.1, 0.15) is 6.04 Å². The molecule has 1 aliphatic carbocycles. The van der Waals surface area contributed by atoms with Crippen LogP contribution in [-0.4, -0.2) is 36.2 Å². The normalized spacial score (nSPS) is 24.3. The summed E-state index contributed by atoms with van der Waals surface area (Å²) in [6.07, 6.45) is 3.58. The second kappa shape index (κ2) is 5.69. The van der Waals surface area contributed by atoms with Gasteiger partial charge in [0.05, 0.1) is 0 Å². The maximum Gasteiger partial charge on any atom is 0.326 e. The SMILES string of the molecule is CC(C(=O)NC(C(=O)O)C1CC1)C1CCOCC1. The van der Waals surface area contributed by atoms with Crippen LogP contribution in [0.1, 0.15) is 32.6 Å². The number of ether oxygens (including phenoxy) is 1. The van der Waals surface area contributed by atoms with E-state index in [1.807, 2.05) is 6.92 Å². The highest BCUT2D eigenvalue weighted by atomic mass is 16.5. The molecule has 0 aromatic rings. The molecule has 5 nitrogen and oxygen atoms in total. The third-order valence-electron chi connectivity index (χ3n) is 4.04. The topological polar surface area (TPSA) is 75.6 Å². The first-order valence-corrected chi connectivity index (χ1v) is 6.70. The summed E-state index contributed by atoms with van der Waals surface area (Å²) in [5.41, 5.74) is 0.